The second-order valence-electron chi connectivity index (χ2n) is 3.18. The van der Waals surface area contributed by atoms with E-state index in [1.165, 1.54) is 0 Å². The summed E-state index contributed by atoms with van der Waals surface area (Å²) in [5.74, 6) is 0.861. The summed E-state index contributed by atoms with van der Waals surface area (Å²) in [6, 6.07) is 9.24. The highest BCUT2D eigenvalue weighted by atomic mass is 32.2. The van der Waals surface area contributed by atoms with Crippen molar-refractivity contribution in [2.45, 2.75) is 11.8 Å². The van der Waals surface area contributed by atoms with Gasteiger partial charge in [-0.1, -0.05) is 30.3 Å². The van der Waals surface area contributed by atoms with Gasteiger partial charge in [0.15, 0.2) is 0 Å². The molecule has 1 rings (SSSR count). The molecule has 1 aromatic rings. The predicted molar refractivity (Wildman–Crippen MR) is 58.2 cm³/mol. The van der Waals surface area contributed by atoms with Crippen LogP contribution in [0.3, 0.4) is 0 Å². The molecule has 3 N–H and O–H groups in total. The van der Waals surface area contributed by atoms with E-state index in [0.717, 1.165) is 5.56 Å². The van der Waals surface area contributed by atoms with Gasteiger partial charge < -0.3 is 10.8 Å². The van der Waals surface area contributed by atoms with Crippen LogP contribution in [0.5, 0.6) is 0 Å². The molecular weight excluding hydrogens is 198 g/mol. The van der Waals surface area contributed by atoms with Crippen LogP contribution >= 0.6 is 0 Å². The van der Waals surface area contributed by atoms with Gasteiger partial charge in [-0.05, 0) is 5.56 Å². The van der Waals surface area contributed by atoms with Crippen LogP contribution in [0.25, 0.3) is 0 Å². The molecule has 0 aliphatic rings. The van der Waals surface area contributed by atoms with Crippen LogP contribution < -0.4 is 5.73 Å². The van der Waals surface area contributed by atoms with E-state index >= 15 is 0 Å². The number of benzene rings is 1. The number of aliphatic hydroxyl groups is 1. The van der Waals surface area contributed by atoms with E-state index in [-0.39, 0.29) is 12.6 Å². The molecule has 0 saturated heterocycles. The largest absolute Gasteiger partial charge is 0.395 e. The maximum Gasteiger partial charge on any atom is 0.0591 e. The first-order valence-electron chi connectivity index (χ1n) is 4.47. The molecule has 3 nitrogen and oxygen atoms in total. The average molecular weight is 213 g/mol. The minimum atomic E-state index is -0.986. The number of rotatable bonds is 5. The highest BCUT2D eigenvalue weighted by Crippen LogP contribution is 2.03. The Bertz CT molecular complexity index is 289. The minimum Gasteiger partial charge on any atom is -0.395 e. The van der Waals surface area contributed by atoms with E-state index in [1.807, 2.05) is 30.3 Å². The van der Waals surface area contributed by atoms with E-state index < -0.39 is 10.8 Å². The van der Waals surface area contributed by atoms with Crippen molar-refractivity contribution in [3.8, 4) is 0 Å². The Labute approximate surface area is 86.4 Å². The minimum absolute atomic E-state index is 0.111. The van der Waals surface area contributed by atoms with E-state index in [0.29, 0.717) is 11.5 Å². The van der Waals surface area contributed by atoms with Crippen LogP contribution in [0.1, 0.15) is 5.56 Å². The highest BCUT2D eigenvalue weighted by Gasteiger charge is 2.07. The maximum absolute atomic E-state index is 11.5. The summed E-state index contributed by atoms with van der Waals surface area (Å²) in [7, 11) is -0.986. The Morgan fingerprint density at radius 3 is 2.57 bits per heavy atom. The van der Waals surface area contributed by atoms with E-state index in [9.17, 15) is 4.21 Å². The maximum atomic E-state index is 11.5. The summed E-state index contributed by atoms with van der Waals surface area (Å²) in [6.07, 6.45) is 0. The lowest BCUT2D eigenvalue weighted by atomic mass is 10.2. The fourth-order valence-corrected chi connectivity index (χ4v) is 2.38. The van der Waals surface area contributed by atoms with Gasteiger partial charge in [0.05, 0.1) is 6.61 Å². The van der Waals surface area contributed by atoms with Gasteiger partial charge in [-0.3, -0.25) is 4.21 Å². The first kappa shape index (κ1) is 11.4. The molecule has 0 fully saturated rings. The van der Waals surface area contributed by atoms with Crippen LogP contribution in [0.2, 0.25) is 0 Å². The fourth-order valence-electron chi connectivity index (χ4n) is 1.11. The van der Waals surface area contributed by atoms with Crippen LogP contribution in [0.4, 0.5) is 0 Å². The molecule has 0 aliphatic heterocycles. The van der Waals surface area contributed by atoms with Crippen LogP contribution in [0, 0.1) is 0 Å². The lowest BCUT2D eigenvalue weighted by Crippen LogP contribution is -2.31. The lowest BCUT2D eigenvalue weighted by Gasteiger charge is -2.07. The first-order valence-corrected chi connectivity index (χ1v) is 5.96. The third kappa shape index (κ3) is 4.00. The molecule has 78 valence electrons. The van der Waals surface area contributed by atoms with Crippen LogP contribution in [0.15, 0.2) is 30.3 Å². The molecule has 1 unspecified atom stereocenters. The molecule has 0 amide bonds. The normalized spacial score (nSPS) is 15.0. The Hall–Kier alpha value is -0.710. The van der Waals surface area contributed by atoms with Gasteiger partial charge in [0.25, 0.3) is 0 Å². The third-order valence-corrected chi connectivity index (χ3v) is 3.26. The fraction of sp³-hybridized carbons (Fsp3) is 0.400. The molecule has 0 saturated carbocycles. The summed E-state index contributed by atoms with van der Waals surface area (Å²) in [5, 5.41) is 8.69. The molecule has 0 bridgehead atoms. The number of nitrogens with two attached hydrogens (primary N) is 1. The highest BCUT2D eigenvalue weighted by molar-refractivity contribution is 7.84. The van der Waals surface area contributed by atoms with Gasteiger partial charge >= 0.3 is 0 Å². The molecular formula is C10H15NO2S. The van der Waals surface area contributed by atoms with Crippen molar-refractivity contribution >= 4 is 10.8 Å². The first-order chi connectivity index (χ1) is 6.72. The Morgan fingerprint density at radius 2 is 2.00 bits per heavy atom. The molecule has 0 aromatic heterocycles. The monoisotopic (exact) mass is 213 g/mol. The Morgan fingerprint density at radius 1 is 1.36 bits per heavy atom. The van der Waals surface area contributed by atoms with Crippen LogP contribution in [-0.4, -0.2) is 27.7 Å². The zero-order valence-corrected chi connectivity index (χ0v) is 8.74. The lowest BCUT2D eigenvalue weighted by molar-refractivity contribution is 0.275. The van der Waals surface area contributed by atoms with Crippen LogP contribution in [-0.2, 0) is 16.6 Å². The summed E-state index contributed by atoms with van der Waals surface area (Å²) in [6.45, 7) is -0.111. The molecule has 0 heterocycles. The van der Waals surface area contributed by atoms with Gasteiger partial charge in [-0.2, -0.15) is 0 Å². The van der Waals surface area contributed by atoms with Crippen molar-refractivity contribution in [2.75, 3.05) is 12.4 Å². The van der Waals surface area contributed by atoms with Gasteiger partial charge in [-0.25, -0.2) is 0 Å². The van der Waals surface area contributed by atoms with Crippen molar-refractivity contribution in [1.29, 1.82) is 0 Å². The number of hydrogen-bond acceptors (Lipinski definition) is 3. The predicted octanol–water partition coefficient (Wildman–Crippen LogP) is 0.255. The molecule has 0 radical (unpaired) electrons. The molecule has 14 heavy (non-hydrogen) atoms. The van der Waals surface area contributed by atoms with Crippen molar-refractivity contribution in [1.82, 2.24) is 0 Å². The molecule has 0 spiro atoms. The SMILES string of the molecule is N[C@H](CO)CS(=O)Cc1ccccc1. The smallest absolute Gasteiger partial charge is 0.0591 e. The second-order valence-corrected chi connectivity index (χ2v) is 4.68. The van der Waals surface area contributed by atoms with Gasteiger partial charge in [0.1, 0.15) is 0 Å². The average Bonchev–Trinajstić information content (AvgIpc) is 2.19. The summed E-state index contributed by atoms with van der Waals surface area (Å²) in [4.78, 5) is 0. The standard InChI is InChI=1S/C10H15NO2S/c11-10(6-12)8-14(13)7-9-4-2-1-3-5-9/h1-5,10,12H,6-8,11H2/t10-,14?/m1/s1. The summed E-state index contributed by atoms with van der Waals surface area (Å²) in [5.41, 5.74) is 6.52. The van der Waals surface area contributed by atoms with E-state index in [1.54, 1.807) is 0 Å². The third-order valence-electron chi connectivity index (χ3n) is 1.80. The number of aliphatic hydroxyl groups excluding tert-OH is 1. The Kier molecular flexibility index (Phi) is 4.79. The summed E-state index contributed by atoms with van der Waals surface area (Å²) >= 11 is 0. The van der Waals surface area contributed by atoms with Crippen molar-refractivity contribution in [3.63, 3.8) is 0 Å². The zero-order valence-electron chi connectivity index (χ0n) is 7.93. The second kappa shape index (κ2) is 5.90. The van der Waals surface area contributed by atoms with Crippen molar-refractivity contribution < 1.29 is 9.32 Å². The van der Waals surface area contributed by atoms with E-state index in [2.05, 4.69) is 0 Å². The topological polar surface area (TPSA) is 63.3 Å². The molecule has 1 aromatic carbocycles. The Balaban J connectivity index is 2.42. The van der Waals surface area contributed by atoms with Gasteiger partial charge in [0, 0.05) is 28.3 Å². The molecule has 0 aliphatic carbocycles. The number of hydrogen-bond donors (Lipinski definition) is 2. The molecule has 2 atom stereocenters. The zero-order chi connectivity index (χ0) is 10.4. The van der Waals surface area contributed by atoms with Gasteiger partial charge in [-0.15, -0.1) is 0 Å². The van der Waals surface area contributed by atoms with E-state index in [4.69, 9.17) is 10.8 Å². The quantitative estimate of drug-likeness (QED) is 0.737. The van der Waals surface area contributed by atoms with Crippen molar-refractivity contribution in [2.24, 2.45) is 5.73 Å². The molecule has 4 heteroatoms. The van der Waals surface area contributed by atoms with Crippen molar-refractivity contribution in [3.05, 3.63) is 35.9 Å². The van der Waals surface area contributed by atoms with Gasteiger partial charge in [0.2, 0.25) is 0 Å². The summed E-state index contributed by atoms with van der Waals surface area (Å²) < 4.78 is 11.5.